The summed E-state index contributed by atoms with van der Waals surface area (Å²) in [6.45, 7) is 2.17. The fraction of sp³-hybridized carbons (Fsp3) is 0.118. The minimum Gasteiger partial charge on any atom is -0.325 e. The summed E-state index contributed by atoms with van der Waals surface area (Å²) in [5, 5.41) is 0. The van der Waals surface area contributed by atoms with Gasteiger partial charge in [-0.15, -0.1) is 0 Å². The number of nitrogens with zero attached hydrogens (tertiary/aromatic N) is 3. The average molecular weight is 263 g/mol. The van der Waals surface area contributed by atoms with Crippen molar-refractivity contribution in [3.05, 3.63) is 73.1 Å². The van der Waals surface area contributed by atoms with Crippen molar-refractivity contribution in [2.75, 3.05) is 9.80 Å². The van der Waals surface area contributed by atoms with Crippen LogP contribution in [0.1, 0.15) is 6.92 Å². The molecular weight excluding hydrogens is 246 g/mol. The second kappa shape index (κ2) is 5.61. The molecule has 3 rings (SSSR count). The van der Waals surface area contributed by atoms with Crippen LogP contribution < -0.4 is 9.80 Å². The largest absolute Gasteiger partial charge is 0.325 e. The van der Waals surface area contributed by atoms with Crippen molar-refractivity contribution in [3.63, 3.8) is 0 Å². The molecule has 1 aliphatic heterocycles. The molecule has 0 spiro atoms. The van der Waals surface area contributed by atoms with Crippen molar-refractivity contribution in [2.45, 2.75) is 13.1 Å². The SMILES string of the molecule is CC1N(c2ccccc2)C=CN=CN1c1ccccc1. The molecule has 1 atom stereocenters. The second-order valence-electron chi connectivity index (χ2n) is 4.68. The number of anilines is 2. The fourth-order valence-corrected chi connectivity index (χ4v) is 2.36. The van der Waals surface area contributed by atoms with Crippen molar-refractivity contribution in [3.8, 4) is 0 Å². The van der Waals surface area contributed by atoms with Gasteiger partial charge in [-0.3, -0.25) is 0 Å². The van der Waals surface area contributed by atoms with Crippen molar-refractivity contribution >= 4 is 17.7 Å². The molecule has 3 nitrogen and oxygen atoms in total. The van der Waals surface area contributed by atoms with Crippen LogP contribution in [0.25, 0.3) is 0 Å². The Morgan fingerprint density at radius 3 is 1.95 bits per heavy atom. The lowest BCUT2D eigenvalue weighted by atomic mass is 10.2. The molecule has 0 saturated heterocycles. The predicted octanol–water partition coefficient (Wildman–Crippen LogP) is 3.86. The monoisotopic (exact) mass is 263 g/mol. The van der Waals surface area contributed by atoms with Crippen molar-refractivity contribution in [1.82, 2.24) is 0 Å². The van der Waals surface area contributed by atoms with Gasteiger partial charge in [0.15, 0.2) is 0 Å². The van der Waals surface area contributed by atoms with Crippen molar-refractivity contribution in [1.29, 1.82) is 0 Å². The first kappa shape index (κ1) is 12.5. The number of hydrogen-bond donors (Lipinski definition) is 0. The van der Waals surface area contributed by atoms with Crippen LogP contribution in [0.5, 0.6) is 0 Å². The van der Waals surface area contributed by atoms with E-state index in [9.17, 15) is 0 Å². The highest BCUT2D eigenvalue weighted by Crippen LogP contribution is 2.24. The van der Waals surface area contributed by atoms with Gasteiger partial charge in [0.1, 0.15) is 6.17 Å². The first-order valence-electron chi connectivity index (χ1n) is 6.73. The molecule has 0 N–H and O–H groups in total. The first-order chi connectivity index (χ1) is 9.86. The predicted molar refractivity (Wildman–Crippen MR) is 84.9 cm³/mol. The number of benzene rings is 2. The molecule has 0 aromatic heterocycles. The molecule has 0 fully saturated rings. The third-order valence-electron chi connectivity index (χ3n) is 3.42. The molecule has 0 saturated carbocycles. The lowest BCUT2D eigenvalue weighted by Gasteiger charge is -2.34. The highest BCUT2D eigenvalue weighted by molar-refractivity contribution is 5.82. The van der Waals surface area contributed by atoms with E-state index in [1.54, 1.807) is 0 Å². The molecule has 20 heavy (non-hydrogen) atoms. The Balaban J connectivity index is 1.95. The van der Waals surface area contributed by atoms with E-state index in [0.717, 1.165) is 11.4 Å². The quantitative estimate of drug-likeness (QED) is 0.819. The first-order valence-corrected chi connectivity index (χ1v) is 6.73. The maximum atomic E-state index is 4.33. The van der Waals surface area contributed by atoms with Crippen LogP contribution in [0.2, 0.25) is 0 Å². The van der Waals surface area contributed by atoms with E-state index in [-0.39, 0.29) is 6.17 Å². The summed E-state index contributed by atoms with van der Waals surface area (Å²) < 4.78 is 0. The zero-order chi connectivity index (χ0) is 13.8. The Bertz CT molecular complexity index is 549. The van der Waals surface area contributed by atoms with Gasteiger partial charge < -0.3 is 9.80 Å². The standard InChI is InChI=1S/C17H17N3/c1-15-19(16-8-4-2-5-9-16)13-12-18-14-20(15)17-10-6-3-7-11-17/h2-15H,1H3. The minimum absolute atomic E-state index is 0.155. The maximum absolute atomic E-state index is 4.33. The van der Waals surface area contributed by atoms with Gasteiger partial charge in [0.05, 0.1) is 6.34 Å². The van der Waals surface area contributed by atoms with E-state index >= 15 is 0 Å². The molecular formula is C17H17N3. The fourth-order valence-electron chi connectivity index (χ4n) is 2.36. The maximum Gasteiger partial charge on any atom is 0.108 e. The third-order valence-corrected chi connectivity index (χ3v) is 3.42. The third kappa shape index (κ3) is 2.43. The molecule has 1 aliphatic rings. The van der Waals surface area contributed by atoms with Gasteiger partial charge in [0.2, 0.25) is 0 Å². The lowest BCUT2D eigenvalue weighted by Crippen LogP contribution is -2.43. The molecule has 100 valence electrons. The highest BCUT2D eigenvalue weighted by atomic mass is 15.4. The van der Waals surface area contributed by atoms with E-state index in [1.165, 1.54) is 0 Å². The Labute approximate surface area is 119 Å². The summed E-state index contributed by atoms with van der Waals surface area (Å²) in [5.74, 6) is 0. The molecule has 0 radical (unpaired) electrons. The van der Waals surface area contributed by atoms with Crippen LogP contribution in [0.3, 0.4) is 0 Å². The van der Waals surface area contributed by atoms with Gasteiger partial charge in [0.25, 0.3) is 0 Å². The molecule has 3 heteroatoms. The van der Waals surface area contributed by atoms with E-state index < -0.39 is 0 Å². The Kier molecular flexibility index (Phi) is 3.50. The second-order valence-corrected chi connectivity index (χ2v) is 4.68. The highest BCUT2D eigenvalue weighted by Gasteiger charge is 2.20. The summed E-state index contributed by atoms with van der Waals surface area (Å²) in [5.41, 5.74) is 2.29. The number of rotatable bonds is 2. The van der Waals surface area contributed by atoms with Gasteiger partial charge in [0, 0.05) is 23.8 Å². The van der Waals surface area contributed by atoms with Gasteiger partial charge >= 0.3 is 0 Å². The molecule has 0 amide bonds. The summed E-state index contributed by atoms with van der Waals surface area (Å²) in [4.78, 5) is 8.70. The molecule has 1 heterocycles. The van der Waals surface area contributed by atoms with Crippen molar-refractivity contribution in [2.24, 2.45) is 4.99 Å². The molecule has 2 aromatic carbocycles. The van der Waals surface area contributed by atoms with E-state index in [4.69, 9.17) is 0 Å². The summed E-state index contributed by atoms with van der Waals surface area (Å²) in [6, 6.07) is 20.6. The Hall–Kier alpha value is -2.55. The molecule has 0 aliphatic carbocycles. The van der Waals surface area contributed by atoms with Crippen LogP contribution in [0, 0.1) is 0 Å². The minimum atomic E-state index is 0.155. The van der Waals surface area contributed by atoms with Crippen LogP contribution in [-0.4, -0.2) is 12.5 Å². The Morgan fingerprint density at radius 2 is 1.35 bits per heavy atom. The smallest absolute Gasteiger partial charge is 0.108 e. The zero-order valence-corrected chi connectivity index (χ0v) is 11.4. The van der Waals surface area contributed by atoms with Gasteiger partial charge in [-0.2, -0.15) is 0 Å². The van der Waals surface area contributed by atoms with E-state index in [2.05, 4.69) is 58.1 Å². The molecule has 2 aromatic rings. The number of aliphatic imine (C=N–C) groups is 1. The molecule has 0 bridgehead atoms. The Morgan fingerprint density at radius 1 is 0.800 bits per heavy atom. The summed E-state index contributed by atoms with van der Waals surface area (Å²) in [7, 11) is 0. The van der Waals surface area contributed by atoms with Crippen LogP contribution in [-0.2, 0) is 0 Å². The number of para-hydroxylation sites is 2. The molecule has 1 unspecified atom stereocenters. The van der Waals surface area contributed by atoms with Crippen LogP contribution >= 0.6 is 0 Å². The topological polar surface area (TPSA) is 18.8 Å². The van der Waals surface area contributed by atoms with Crippen molar-refractivity contribution < 1.29 is 0 Å². The summed E-state index contributed by atoms with van der Waals surface area (Å²) in [6.07, 6.45) is 5.87. The van der Waals surface area contributed by atoms with Crippen LogP contribution in [0.4, 0.5) is 11.4 Å². The van der Waals surface area contributed by atoms with Gasteiger partial charge in [-0.25, -0.2) is 4.99 Å². The lowest BCUT2D eigenvalue weighted by molar-refractivity contribution is 0.739. The van der Waals surface area contributed by atoms with Gasteiger partial charge in [-0.05, 0) is 31.2 Å². The van der Waals surface area contributed by atoms with E-state index in [1.807, 2.05) is 43.0 Å². The number of hydrogen-bond acceptors (Lipinski definition) is 3. The zero-order valence-electron chi connectivity index (χ0n) is 11.4. The summed E-state index contributed by atoms with van der Waals surface area (Å²) >= 11 is 0. The van der Waals surface area contributed by atoms with Crippen LogP contribution in [0.15, 0.2) is 78.1 Å². The van der Waals surface area contributed by atoms with Gasteiger partial charge in [-0.1, -0.05) is 36.4 Å². The average Bonchev–Trinajstić information content (AvgIpc) is 2.71. The van der Waals surface area contributed by atoms with E-state index in [0.29, 0.717) is 0 Å². The normalized spacial score (nSPS) is 18.1.